The third-order valence-corrected chi connectivity index (χ3v) is 3.02. The normalized spacial score (nSPS) is 14.6. The Morgan fingerprint density at radius 1 is 1.45 bits per heavy atom. The molecule has 0 saturated heterocycles. The molecule has 1 aliphatic heterocycles. The Kier molecular flexibility index (Phi) is 1.78. The average molecular weight is 166 g/mol. The van der Waals surface area contributed by atoms with Gasteiger partial charge in [0.25, 0.3) is 0 Å². The van der Waals surface area contributed by atoms with Crippen molar-refractivity contribution in [1.29, 1.82) is 0 Å². The minimum absolute atomic E-state index is 1.05. The second-order valence-corrected chi connectivity index (χ2v) is 3.67. The summed E-state index contributed by atoms with van der Waals surface area (Å²) in [6.45, 7) is 0. The lowest BCUT2D eigenvalue weighted by Gasteiger charge is -2.04. The van der Waals surface area contributed by atoms with E-state index in [4.69, 9.17) is 4.74 Å². The monoisotopic (exact) mass is 166 g/mol. The molecule has 2 heteroatoms. The maximum atomic E-state index is 5.24. The summed E-state index contributed by atoms with van der Waals surface area (Å²) in [5.74, 6) is 2.25. The van der Waals surface area contributed by atoms with Gasteiger partial charge >= 0.3 is 0 Å². The van der Waals surface area contributed by atoms with E-state index in [0.717, 1.165) is 12.2 Å². The molecule has 1 aromatic carbocycles. The van der Waals surface area contributed by atoms with Crippen LogP contribution in [0.25, 0.3) is 0 Å². The van der Waals surface area contributed by atoms with Gasteiger partial charge in [0.15, 0.2) is 0 Å². The summed E-state index contributed by atoms with van der Waals surface area (Å²) >= 11 is 1.92. The zero-order valence-corrected chi connectivity index (χ0v) is 7.28. The Morgan fingerprint density at radius 2 is 2.36 bits per heavy atom. The zero-order valence-electron chi connectivity index (χ0n) is 6.46. The van der Waals surface area contributed by atoms with E-state index >= 15 is 0 Å². The van der Waals surface area contributed by atoms with Gasteiger partial charge in [-0.15, -0.1) is 11.8 Å². The summed E-state index contributed by atoms with van der Waals surface area (Å²) in [6.07, 6.45) is 1.16. The number of hydrogen-bond acceptors (Lipinski definition) is 2. The molecule has 1 aliphatic rings. The SMILES string of the molecule is COc1cccc2c1CCS2. The van der Waals surface area contributed by atoms with Gasteiger partial charge < -0.3 is 4.74 Å². The highest BCUT2D eigenvalue weighted by molar-refractivity contribution is 7.99. The van der Waals surface area contributed by atoms with Gasteiger partial charge in [-0.25, -0.2) is 0 Å². The molecule has 58 valence electrons. The fourth-order valence-corrected chi connectivity index (χ4v) is 2.46. The van der Waals surface area contributed by atoms with Gasteiger partial charge in [-0.2, -0.15) is 0 Å². The molecule has 1 aromatic rings. The largest absolute Gasteiger partial charge is 0.496 e. The highest BCUT2D eigenvalue weighted by Crippen LogP contribution is 2.36. The van der Waals surface area contributed by atoms with Gasteiger partial charge in [0.05, 0.1) is 7.11 Å². The Bertz CT molecular complexity index is 270. The second-order valence-electron chi connectivity index (χ2n) is 2.54. The molecule has 2 rings (SSSR count). The number of hydrogen-bond donors (Lipinski definition) is 0. The molecule has 0 atom stereocenters. The van der Waals surface area contributed by atoms with Crippen LogP contribution in [0.15, 0.2) is 23.1 Å². The van der Waals surface area contributed by atoms with Crippen LogP contribution in [0.3, 0.4) is 0 Å². The number of benzene rings is 1. The molecule has 0 N–H and O–H groups in total. The van der Waals surface area contributed by atoms with Crippen molar-refractivity contribution in [3.8, 4) is 5.75 Å². The van der Waals surface area contributed by atoms with Crippen LogP contribution >= 0.6 is 11.8 Å². The van der Waals surface area contributed by atoms with E-state index in [-0.39, 0.29) is 0 Å². The first kappa shape index (κ1) is 7.04. The maximum Gasteiger partial charge on any atom is 0.123 e. The molecular formula is C9H10OS. The van der Waals surface area contributed by atoms with Gasteiger partial charge in [-0.3, -0.25) is 0 Å². The van der Waals surface area contributed by atoms with Crippen molar-refractivity contribution in [1.82, 2.24) is 0 Å². The summed E-state index contributed by atoms with van der Waals surface area (Å²) in [5.41, 5.74) is 1.39. The van der Waals surface area contributed by atoms with Crippen molar-refractivity contribution in [3.63, 3.8) is 0 Å². The Morgan fingerprint density at radius 3 is 3.18 bits per heavy atom. The van der Waals surface area contributed by atoms with Crippen molar-refractivity contribution < 1.29 is 4.74 Å². The number of ether oxygens (including phenoxy) is 1. The van der Waals surface area contributed by atoms with E-state index in [2.05, 4.69) is 12.1 Å². The molecule has 0 aliphatic carbocycles. The molecule has 11 heavy (non-hydrogen) atoms. The van der Waals surface area contributed by atoms with Crippen LogP contribution in [-0.4, -0.2) is 12.9 Å². The zero-order chi connectivity index (χ0) is 7.68. The maximum absolute atomic E-state index is 5.24. The minimum atomic E-state index is 1.05. The predicted octanol–water partition coefficient (Wildman–Crippen LogP) is 2.34. The number of fused-ring (bicyclic) bond motifs is 1. The average Bonchev–Trinajstić information content (AvgIpc) is 2.50. The highest BCUT2D eigenvalue weighted by atomic mass is 32.2. The fraction of sp³-hybridized carbons (Fsp3) is 0.333. The van der Waals surface area contributed by atoms with E-state index in [0.29, 0.717) is 0 Å². The van der Waals surface area contributed by atoms with Crippen LogP contribution in [0, 0.1) is 0 Å². The van der Waals surface area contributed by atoms with Gasteiger partial charge in [0, 0.05) is 16.2 Å². The molecule has 0 radical (unpaired) electrons. The van der Waals surface area contributed by atoms with Crippen LogP contribution in [0.1, 0.15) is 5.56 Å². The summed E-state index contributed by atoms with van der Waals surface area (Å²) < 4.78 is 5.24. The molecule has 0 unspecified atom stereocenters. The summed E-state index contributed by atoms with van der Waals surface area (Å²) in [5, 5.41) is 0. The molecule has 1 nitrogen and oxygen atoms in total. The van der Waals surface area contributed by atoms with Crippen molar-refractivity contribution in [2.24, 2.45) is 0 Å². The molecule has 0 saturated carbocycles. The third kappa shape index (κ3) is 1.11. The number of methoxy groups -OCH3 is 1. The minimum Gasteiger partial charge on any atom is -0.496 e. The standard InChI is InChI=1S/C9H10OS/c1-10-8-3-2-4-9-7(8)5-6-11-9/h2-4H,5-6H2,1H3. The number of thioether (sulfide) groups is 1. The van der Waals surface area contributed by atoms with E-state index in [1.807, 2.05) is 17.8 Å². The molecule has 0 amide bonds. The van der Waals surface area contributed by atoms with E-state index < -0.39 is 0 Å². The van der Waals surface area contributed by atoms with Crippen LogP contribution in [0.5, 0.6) is 5.75 Å². The first-order chi connectivity index (χ1) is 5.42. The van der Waals surface area contributed by atoms with Crippen LogP contribution in [0.2, 0.25) is 0 Å². The van der Waals surface area contributed by atoms with Gasteiger partial charge in [0.1, 0.15) is 5.75 Å². The molecule has 0 spiro atoms. The topological polar surface area (TPSA) is 9.23 Å². The van der Waals surface area contributed by atoms with Crippen molar-refractivity contribution in [2.75, 3.05) is 12.9 Å². The second kappa shape index (κ2) is 2.78. The first-order valence-corrected chi connectivity index (χ1v) is 4.69. The molecule has 1 heterocycles. The Balaban J connectivity index is 2.50. The smallest absolute Gasteiger partial charge is 0.123 e. The van der Waals surface area contributed by atoms with Crippen molar-refractivity contribution >= 4 is 11.8 Å². The molecule has 0 aromatic heterocycles. The quantitative estimate of drug-likeness (QED) is 0.633. The molecule has 0 fully saturated rings. The highest BCUT2D eigenvalue weighted by Gasteiger charge is 2.14. The van der Waals surface area contributed by atoms with Crippen molar-refractivity contribution in [2.45, 2.75) is 11.3 Å². The predicted molar refractivity (Wildman–Crippen MR) is 47.4 cm³/mol. The fourth-order valence-electron chi connectivity index (χ4n) is 1.38. The van der Waals surface area contributed by atoms with E-state index in [1.54, 1.807) is 7.11 Å². The lowest BCUT2D eigenvalue weighted by Crippen LogP contribution is -1.89. The first-order valence-electron chi connectivity index (χ1n) is 3.70. The van der Waals surface area contributed by atoms with Gasteiger partial charge in [-0.05, 0) is 18.6 Å². The molecular weight excluding hydrogens is 156 g/mol. The van der Waals surface area contributed by atoms with Crippen LogP contribution in [-0.2, 0) is 6.42 Å². The summed E-state index contributed by atoms with van der Waals surface area (Å²) in [6, 6.07) is 6.25. The Hall–Kier alpha value is -0.630. The third-order valence-electron chi connectivity index (χ3n) is 1.92. The van der Waals surface area contributed by atoms with Gasteiger partial charge in [-0.1, -0.05) is 6.07 Å². The van der Waals surface area contributed by atoms with E-state index in [1.165, 1.54) is 16.2 Å². The van der Waals surface area contributed by atoms with Gasteiger partial charge in [0.2, 0.25) is 0 Å². The Labute approximate surface area is 70.8 Å². The summed E-state index contributed by atoms with van der Waals surface area (Å²) in [7, 11) is 1.73. The lowest BCUT2D eigenvalue weighted by molar-refractivity contribution is 0.409. The number of rotatable bonds is 1. The van der Waals surface area contributed by atoms with E-state index in [9.17, 15) is 0 Å². The lowest BCUT2D eigenvalue weighted by atomic mass is 10.1. The molecule has 0 bridgehead atoms. The van der Waals surface area contributed by atoms with Crippen molar-refractivity contribution in [3.05, 3.63) is 23.8 Å². The van der Waals surface area contributed by atoms with Crippen LogP contribution in [0.4, 0.5) is 0 Å². The summed E-state index contributed by atoms with van der Waals surface area (Å²) in [4.78, 5) is 1.39. The van der Waals surface area contributed by atoms with Crippen LogP contribution < -0.4 is 4.74 Å².